The fraction of sp³-hybridized carbons (Fsp3) is 0.533. The van der Waals surface area contributed by atoms with E-state index in [1.165, 1.54) is 0 Å². The first kappa shape index (κ1) is 14.2. The van der Waals surface area contributed by atoms with Crippen LogP contribution in [0.4, 0.5) is 0 Å². The smallest absolute Gasteiger partial charge is 0.314 e. The maximum Gasteiger partial charge on any atom is 0.314 e. The average Bonchev–Trinajstić information content (AvgIpc) is 2.42. The summed E-state index contributed by atoms with van der Waals surface area (Å²) in [5.74, 6) is -0.142. The summed E-state index contributed by atoms with van der Waals surface area (Å²) in [7, 11) is 1.57. The Kier molecular flexibility index (Phi) is 4.04. The van der Waals surface area contributed by atoms with Gasteiger partial charge in [-0.15, -0.1) is 0 Å². The number of aliphatic carboxylic acids is 1. The number of carboxylic acids is 1. The molecule has 0 heterocycles. The largest absolute Gasteiger partial charge is 0.496 e. The molecule has 0 bridgehead atoms. The Morgan fingerprint density at radius 2 is 1.95 bits per heavy atom. The average molecular weight is 283 g/mol. The number of hydrogen-bond donors (Lipinski definition) is 1. The van der Waals surface area contributed by atoms with Crippen LogP contribution >= 0.6 is 11.6 Å². The molecule has 4 heteroatoms. The van der Waals surface area contributed by atoms with Gasteiger partial charge >= 0.3 is 5.97 Å². The summed E-state index contributed by atoms with van der Waals surface area (Å²) in [4.78, 5) is 11.8. The van der Waals surface area contributed by atoms with Gasteiger partial charge < -0.3 is 9.84 Å². The Balaban J connectivity index is 2.59. The first-order valence-electron chi connectivity index (χ1n) is 6.59. The van der Waals surface area contributed by atoms with E-state index in [1.54, 1.807) is 13.2 Å². The number of rotatable bonds is 3. The quantitative estimate of drug-likeness (QED) is 0.913. The monoisotopic (exact) mass is 282 g/mol. The highest BCUT2D eigenvalue weighted by Crippen LogP contribution is 2.45. The number of aryl methyl sites for hydroxylation is 1. The highest BCUT2D eigenvalue weighted by molar-refractivity contribution is 6.31. The predicted octanol–water partition coefficient (Wildman–Crippen LogP) is 3.94. The molecule has 1 aromatic carbocycles. The molecule has 0 radical (unpaired) electrons. The lowest BCUT2D eigenvalue weighted by Crippen LogP contribution is -2.38. The Hall–Kier alpha value is -1.22. The van der Waals surface area contributed by atoms with Gasteiger partial charge in [-0.2, -0.15) is 0 Å². The SMILES string of the molecule is COc1cc(C)c(Cl)cc1C1(C(=O)O)CCCCC1. The van der Waals surface area contributed by atoms with Crippen LogP contribution in [0.5, 0.6) is 5.75 Å². The van der Waals surface area contributed by atoms with Crippen molar-refractivity contribution in [2.75, 3.05) is 7.11 Å². The molecule has 0 unspecified atom stereocenters. The van der Waals surface area contributed by atoms with Crippen LogP contribution in [-0.4, -0.2) is 18.2 Å². The van der Waals surface area contributed by atoms with Crippen LogP contribution in [0.15, 0.2) is 12.1 Å². The lowest BCUT2D eigenvalue weighted by molar-refractivity contribution is -0.145. The van der Waals surface area contributed by atoms with Crippen molar-refractivity contribution in [3.05, 3.63) is 28.3 Å². The van der Waals surface area contributed by atoms with Crippen LogP contribution in [0.3, 0.4) is 0 Å². The van der Waals surface area contributed by atoms with Gasteiger partial charge in [0.15, 0.2) is 0 Å². The van der Waals surface area contributed by atoms with Gasteiger partial charge in [-0.25, -0.2) is 0 Å². The second kappa shape index (κ2) is 5.41. The van der Waals surface area contributed by atoms with Crippen LogP contribution in [0, 0.1) is 6.92 Å². The number of halogens is 1. The number of hydrogen-bond acceptors (Lipinski definition) is 2. The van der Waals surface area contributed by atoms with Crippen LogP contribution in [0.2, 0.25) is 5.02 Å². The summed E-state index contributed by atoms with van der Waals surface area (Å²) < 4.78 is 5.39. The molecule has 3 nitrogen and oxygen atoms in total. The Bertz CT molecular complexity index is 490. The van der Waals surface area contributed by atoms with E-state index in [9.17, 15) is 9.90 Å². The Morgan fingerprint density at radius 3 is 2.47 bits per heavy atom. The third kappa shape index (κ3) is 2.44. The highest BCUT2D eigenvalue weighted by Gasteiger charge is 2.43. The molecule has 1 fully saturated rings. The van der Waals surface area contributed by atoms with E-state index in [2.05, 4.69) is 0 Å². The van der Waals surface area contributed by atoms with E-state index in [-0.39, 0.29) is 0 Å². The Morgan fingerprint density at radius 1 is 1.32 bits per heavy atom. The molecular formula is C15H19ClO3. The summed E-state index contributed by atoms with van der Waals surface area (Å²) in [6, 6.07) is 3.60. The molecule has 1 aromatic rings. The van der Waals surface area contributed by atoms with Crippen molar-refractivity contribution in [3.63, 3.8) is 0 Å². The summed E-state index contributed by atoms with van der Waals surface area (Å²) in [5.41, 5.74) is 0.775. The van der Waals surface area contributed by atoms with Gasteiger partial charge in [0.2, 0.25) is 0 Å². The van der Waals surface area contributed by atoms with E-state index in [0.29, 0.717) is 23.6 Å². The van der Waals surface area contributed by atoms with Crippen LogP contribution in [0.1, 0.15) is 43.2 Å². The minimum Gasteiger partial charge on any atom is -0.496 e. The number of carboxylic acid groups (broad SMARTS) is 1. The molecular weight excluding hydrogens is 264 g/mol. The minimum absolute atomic E-state index is 0.599. The Labute approximate surface area is 118 Å². The fourth-order valence-corrected chi connectivity index (χ4v) is 3.12. The molecule has 0 amide bonds. The zero-order chi connectivity index (χ0) is 14.0. The third-order valence-corrected chi connectivity index (χ3v) is 4.52. The second-order valence-corrected chi connectivity index (χ2v) is 5.66. The first-order valence-corrected chi connectivity index (χ1v) is 6.97. The van der Waals surface area contributed by atoms with E-state index in [0.717, 1.165) is 30.4 Å². The lowest BCUT2D eigenvalue weighted by Gasteiger charge is -2.34. The minimum atomic E-state index is -0.846. The zero-order valence-electron chi connectivity index (χ0n) is 11.3. The summed E-state index contributed by atoms with van der Waals surface area (Å²) in [5, 5.41) is 10.3. The molecule has 0 aromatic heterocycles. The topological polar surface area (TPSA) is 46.5 Å². The van der Waals surface area contributed by atoms with Gasteiger partial charge in [0, 0.05) is 10.6 Å². The van der Waals surface area contributed by atoms with Crippen molar-refractivity contribution in [2.45, 2.75) is 44.4 Å². The van der Waals surface area contributed by atoms with Crippen molar-refractivity contribution in [3.8, 4) is 5.75 Å². The zero-order valence-corrected chi connectivity index (χ0v) is 12.1. The molecule has 1 N–H and O–H groups in total. The lowest BCUT2D eigenvalue weighted by atomic mass is 9.69. The molecule has 0 aliphatic heterocycles. The van der Waals surface area contributed by atoms with Crippen molar-refractivity contribution in [1.29, 1.82) is 0 Å². The van der Waals surface area contributed by atoms with Gasteiger partial charge in [-0.3, -0.25) is 4.79 Å². The van der Waals surface area contributed by atoms with Crippen molar-refractivity contribution >= 4 is 17.6 Å². The molecule has 0 atom stereocenters. The summed E-state index contributed by atoms with van der Waals surface area (Å²) in [6.07, 6.45) is 4.26. The molecule has 0 saturated heterocycles. The van der Waals surface area contributed by atoms with E-state index in [4.69, 9.17) is 16.3 Å². The fourth-order valence-electron chi connectivity index (χ4n) is 2.95. The van der Waals surface area contributed by atoms with Gasteiger partial charge in [-0.1, -0.05) is 30.9 Å². The van der Waals surface area contributed by atoms with Gasteiger partial charge in [0.1, 0.15) is 5.75 Å². The standard InChI is InChI=1S/C15H19ClO3/c1-10-8-13(19-2)11(9-12(10)16)15(14(17)18)6-4-3-5-7-15/h8-9H,3-7H2,1-2H3,(H,17,18). The van der Waals surface area contributed by atoms with E-state index >= 15 is 0 Å². The molecule has 1 aliphatic carbocycles. The van der Waals surface area contributed by atoms with Crippen molar-refractivity contribution < 1.29 is 14.6 Å². The number of carbonyl (C=O) groups is 1. The number of benzene rings is 1. The van der Waals surface area contributed by atoms with Crippen LogP contribution in [-0.2, 0) is 10.2 Å². The number of ether oxygens (including phenoxy) is 1. The maximum atomic E-state index is 11.8. The highest BCUT2D eigenvalue weighted by atomic mass is 35.5. The van der Waals surface area contributed by atoms with Gasteiger partial charge in [0.25, 0.3) is 0 Å². The van der Waals surface area contributed by atoms with E-state index in [1.807, 2.05) is 13.0 Å². The molecule has 19 heavy (non-hydrogen) atoms. The van der Waals surface area contributed by atoms with Crippen LogP contribution < -0.4 is 4.74 Å². The first-order chi connectivity index (χ1) is 9.01. The summed E-state index contributed by atoms with van der Waals surface area (Å²) >= 11 is 6.18. The maximum absolute atomic E-state index is 11.8. The molecule has 0 spiro atoms. The van der Waals surface area contributed by atoms with E-state index < -0.39 is 11.4 Å². The third-order valence-electron chi connectivity index (χ3n) is 4.11. The number of methoxy groups -OCH3 is 1. The van der Waals surface area contributed by atoms with Crippen LogP contribution in [0.25, 0.3) is 0 Å². The van der Waals surface area contributed by atoms with Crippen molar-refractivity contribution in [1.82, 2.24) is 0 Å². The van der Waals surface area contributed by atoms with Crippen molar-refractivity contribution in [2.24, 2.45) is 0 Å². The second-order valence-electron chi connectivity index (χ2n) is 5.25. The van der Waals surface area contributed by atoms with Gasteiger partial charge in [-0.05, 0) is 37.5 Å². The molecule has 1 aliphatic rings. The molecule has 104 valence electrons. The predicted molar refractivity (Wildman–Crippen MR) is 75.1 cm³/mol. The van der Waals surface area contributed by atoms with Gasteiger partial charge in [0.05, 0.1) is 12.5 Å². The normalized spacial score (nSPS) is 18.1. The summed E-state index contributed by atoms with van der Waals surface area (Å²) in [6.45, 7) is 1.89. The molecule has 1 saturated carbocycles. The molecule has 2 rings (SSSR count).